The average Bonchev–Trinajstić information content (AvgIpc) is 3.33. The van der Waals surface area contributed by atoms with Crippen LogP contribution in [0.1, 0.15) is 62.4 Å². The van der Waals surface area contributed by atoms with Gasteiger partial charge in [0.1, 0.15) is 47.5 Å². The van der Waals surface area contributed by atoms with E-state index in [1.807, 2.05) is 32.9 Å². The second-order valence-electron chi connectivity index (χ2n) is 17.3. The highest BCUT2D eigenvalue weighted by molar-refractivity contribution is 6.03. The molecule has 9 atom stereocenters. The first-order valence-corrected chi connectivity index (χ1v) is 23.3. The summed E-state index contributed by atoms with van der Waals surface area (Å²) in [5, 5.41) is 53.8. The first kappa shape index (κ1) is 58.6. The van der Waals surface area contributed by atoms with Crippen molar-refractivity contribution in [1.82, 2.24) is 42.5 Å². The van der Waals surface area contributed by atoms with E-state index in [0.717, 1.165) is 5.56 Å². The van der Waals surface area contributed by atoms with Gasteiger partial charge in [0.05, 0.1) is 18.2 Å². The van der Waals surface area contributed by atoms with Crippen LogP contribution in [0.3, 0.4) is 0 Å². The molecule has 1 saturated heterocycles. The van der Waals surface area contributed by atoms with E-state index in [2.05, 4.69) is 47.5 Å². The Labute approximate surface area is 412 Å². The summed E-state index contributed by atoms with van der Waals surface area (Å²) in [5.74, 6) is -6.04. The van der Waals surface area contributed by atoms with Crippen molar-refractivity contribution in [2.24, 2.45) is 39.6 Å². The predicted octanol–water partition coefficient (Wildman–Crippen LogP) is -4.62. The molecule has 3 rings (SSSR count). The number of rotatable bonds is 16. The number of aliphatic hydroxyl groups is 3. The lowest BCUT2D eigenvalue weighted by atomic mass is 10.0. The summed E-state index contributed by atoms with van der Waals surface area (Å²) in [6, 6.07) is 4.37. The van der Waals surface area contributed by atoms with Crippen LogP contribution >= 0.6 is 0 Å². The Morgan fingerprint density at radius 1 is 0.789 bits per heavy atom. The Kier molecular flexibility index (Phi) is 24.3. The van der Waals surface area contributed by atoms with Gasteiger partial charge in [-0.2, -0.15) is 0 Å². The number of nitrogens with zero attached hydrogens (tertiary/aromatic N) is 1. The maximum atomic E-state index is 14.1. The number of guanidine groups is 1. The number of amides is 7. The van der Waals surface area contributed by atoms with Gasteiger partial charge in [0, 0.05) is 44.3 Å². The van der Waals surface area contributed by atoms with Gasteiger partial charge in [-0.3, -0.25) is 38.6 Å². The van der Waals surface area contributed by atoms with Crippen molar-refractivity contribution >= 4 is 47.3 Å². The molecule has 1 fully saturated rings. The van der Waals surface area contributed by atoms with Crippen molar-refractivity contribution < 1.29 is 53.6 Å². The monoisotopic (exact) mass is 997 g/mol. The Bertz CT molecular complexity index is 2160. The van der Waals surface area contributed by atoms with Gasteiger partial charge in [-0.1, -0.05) is 37.6 Å². The molecule has 2 aromatic rings. The highest BCUT2D eigenvalue weighted by atomic mass is 16.5. The molecule has 7 amide bonds. The number of allylic oxidation sites excluding steroid dienone is 1. The molecule has 6 unspecified atom stereocenters. The van der Waals surface area contributed by atoms with E-state index < -0.39 is 121 Å². The number of carbonyl (C=O) groups excluding carboxylic acids is 7. The van der Waals surface area contributed by atoms with Crippen LogP contribution in [-0.4, -0.2) is 156 Å². The van der Waals surface area contributed by atoms with Crippen LogP contribution < -0.4 is 75.9 Å². The summed E-state index contributed by atoms with van der Waals surface area (Å²) in [5.41, 5.74) is 28.9. The number of hydrogen-bond acceptors (Lipinski definition) is 16. The van der Waals surface area contributed by atoms with E-state index >= 15 is 0 Å². The van der Waals surface area contributed by atoms with Crippen LogP contribution in [-0.2, 0) is 28.8 Å². The highest BCUT2D eigenvalue weighted by Crippen LogP contribution is 2.22. The fraction of sp³-hybridized carbons (Fsp3) is 0.522. The van der Waals surface area contributed by atoms with Gasteiger partial charge in [0.25, 0.3) is 11.8 Å². The summed E-state index contributed by atoms with van der Waals surface area (Å²) in [7, 11) is 0. The number of aliphatic imine (C=N–C) groups is 1. The van der Waals surface area contributed by atoms with Gasteiger partial charge >= 0.3 is 0 Å². The topological polar surface area (TPSA) is 428 Å². The number of hydrogen-bond donors (Lipinski definition) is 16. The van der Waals surface area contributed by atoms with Gasteiger partial charge < -0.3 is 91.3 Å². The SMILES string of the molecule is C/C=C1\NC(=O)C(NC(=O)c2ccc(Oc3ccc(C)cc3)cc2)C(O)CNC(=O)C(C(O)CN)NC(=O)C(C(O)CN)NC(=O)[C@H](CCCN=C(N)N)NC[C@H](CC(C)C)NC(=O)[C@H](CCN)NC1=O. The highest BCUT2D eigenvalue weighted by Gasteiger charge is 2.37. The predicted molar refractivity (Wildman–Crippen MR) is 263 cm³/mol. The van der Waals surface area contributed by atoms with Gasteiger partial charge in [0.2, 0.25) is 29.5 Å². The quantitative estimate of drug-likeness (QED) is 0.0326. The number of nitrogens with two attached hydrogens (primary N) is 5. The molecule has 1 aliphatic heterocycles. The summed E-state index contributed by atoms with van der Waals surface area (Å²) in [4.78, 5) is 101. The molecule has 71 heavy (non-hydrogen) atoms. The van der Waals surface area contributed by atoms with Crippen LogP contribution in [0.25, 0.3) is 0 Å². The van der Waals surface area contributed by atoms with Crippen LogP contribution in [0.15, 0.2) is 65.3 Å². The van der Waals surface area contributed by atoms with Crippen molar-refractivity contribution in [2.75, 3.05) is 39.3 Å². The minimum absolute atomic E-state index is 0.00527. The van der Waals surface area contributed by atoms with Crippen LogP contribution in [0.4, 0.5) is 0 Å². The number of nitrogens with one attached hydrogen (secondary N) is 8. The molecular weight excluding hydrogens is 925 g/mol. The van der Waals surface area contributed by atoms with Crippen LogP contribution in [0.2, 0.25) is 0 Å². The lowest BCUT2D eigenvalue weighted by molar-refractivity contribution is -0.136. The molecule has 25 nitrogen and oxygen atoms in total. The second kappa shape index (κ2) is 29.4. The molecular formula is C46H72N14O11. The third-order valence-electron chi connectivity index (χ3n) is 11.1. The molecule has 2 aromatic carbocycles. The van der Waals surface area contributed by atoms with Crippen molar-refractivity contribution in [3.8, 4) is 11.5 Å². The Hall–Kier alpha value is -6.74. The van der Waals surface area contributed by atoms with Gasteiger partial charge in [-0.25, -0.2) is 0 Å². The van der Waals surface area contributed by atoms with Crippen molar-refractivity contribution in [2.45, 2.75) is 108 Å². The molecule has 0 saturated carbocycles. The normalized spacial score (nSPS) is 24.0. The summed E-state index contributed by atoms with van der Waals surface area (Å²) in [6.45, 7) is 5.17. The average molecular weight is 997 g/mol. The number of carbonyl (C=O) groups is 7. The molecule has 392 valence electrons. The summed E-state index contributed by atoms with van der Waals surface area (Å²) >= 11 is 0. The van der Waals surface area contributed by atoms with Crippen molar-refractivity contribution in [1.29, 1.82) is 0 Å². The number of benzene rings is 2. The van der Waals surface area contributed by atoms with Gasteiger partial charge in [-0.05, 0) is 88.4 Å². The first-order valence-electron chi connectivity index (χ1n) is 23.3. The number of ether oxygens (including phenoxy) is 1. The largest absolute Gasteiger partial charge is 0.457 e. The van der Waals surface area contributed by atoms with E-state index in [1.54, 1.807) is 12.1 Å². The molecule has 0 bridgehead atoms. The Morgan fingerprint density at radius 2 is 1.37 bits per heavy atom. The second-order valence-corrected chi connectivity index (χ2v) is 17.3. The van der Waals surface area contributed by atoms with Crippen LogP contribution in [0.5, 0.6) is 11.5 Å². The number of β-amino-alcohol motifs (C(OH)–C–C–N with tert-alkyl or cyclic N) is 1. The van der Waals surface area contributed by atoms with Gasteiger partial charge in [-0.15, -0.1) is 0 Å². The fourth-order valence-corrected chi connectivity index (χ4v) is 7.17. The molecule has 21 N–H and O–H groups in total. The smallest absolute Gasteiger partial charge is 0.268 e. The van der Waals surface area contributed by atoms with Crippen molar-refractivity contribution in [3.05, 3.63) is 71.4 Å². The lowest BCUT2D eigenvalue weighted by Gasteiger charge is -2.30. The van der Waals surface area contributed by atoms with Crippen LogP contribution in [0, 0.1) is 12.8 Å². The van der Waals surface area contributed by atoms with E-state index in [9.17, 15) is 48.9 Å². The minimum Gasteiger partial charge on any atom is -0.457 e. The third kappa shape index (κ3) is 19.2. The maximum Gasteiger partial charge on any atom is 0.268 e. The maximum absolute atomic E-state index is 14.1. The molecule has 0 aromatic heterocycles. The van der Waals surface area contributed by atoms with E-state index in [4.69, 9.17) is 33.4 Å². The Morgan fingerprint density at radius 3 is 1.93 bits per heavy atom. The number of aliphatic hydroxyl groups excluding tert-OH is 3. The zero-order chi connectivity index (χ0) is 52.8. The zero-order valence-corrected chi connectivity index (χ0v) is 40.5. The molecule has 0 spiro atoms. The van der Waals surface area contributed by atoms with E-state index in [0.29, 0.717) is 17.9 Å². The summed E-state index contributed by atoms with van der Waals surface area (Å²) < 4.78 is 5.85. The lowest BCUT2D eigenvalue weighted by Crippen LogP contribution is -2.64. The first-order chi connectivity index (χ1) is 33.7. The fourth-order valence-electron chi connectivity index (χ4n) is 7.17. The Balaban J connectivity index is 2.08. The van der Waals surface area contributed by atoms with E-state index in [1.165, 1.54) is 37.3 Å². The van der Waals surface area contributed by atoms with Gasteiger partial charge in [0.15, 0.2) is 5.96 Å². The molecule has 1 heterocycles. The zero-order valence-electron chi connectivity index (χ0n) is 40.5. The molecule has 0 aliphatic carbocycles. The van der Waals surface area contributed by atoms with E-state index in [-0.39, 0.29) is 56.3 Å². The minimum atomic E-state index is -1.97. The molecule has 1 aliphatic rings. The number of aryl methyl sites for hydroxylation is 1. The third-order valence-corrected chi connectivity index (χ3v) is 11.1. The summed E-state index contributed by atoms with van der Waals surface area (Å²) in [6.07, 6.45) is -3.66. The molecule has 0 radical (unpaired) electrons. The van der Waals surface area contributed by atoms with Crippen molar-refractivity contribution in [3.63, 3.8) is 0 Å². The standard InChI is InChI=1S/C46H72N14O11/c1-5-30-40(65)57-32(16-17-47)42(67)55-27(19-24(2)3)22-53-31(7-6-18-52-46(50)51)41(66)59-37(34(62)21-49)45(70)60-36(33(61)20-48)43(68)54-23-35(63)38(44(69)56-30)58-39(64)26-10-14-29(15-11-26)71-28-12-8-25(4)9-13-28/h5,8-15,24,27,31-38,53,61-63H,6-7,16-23,47-49H2,1-4H3,(H,54,68)(H,55,67)(H,56,69)(H,57,65)(H,58,64)(H,59,66)(H,60,70)(H4,50,51,52)/b30-5-/t27-,31-,32-,33?,34?,35?,36?,37?,38?/m0/s1. The molecule has 25 heteroatoms.